The fourth-order valence-corrected chi connectivity index (χ4v) is 1.80. The third-order valence-corrected chi connectivity index (χ3v) is 2.68. The summed E-state index contributed by atoms with van der Waals surface area (Å²) in [5.74, 6) is 0.279. The summed E-state index contributed by atoms with van der Waals surface area (Å²) in [6.07, 6.45) is 5.10. The van der Waals surface area contributed by atoms with Gasteiger partial charge in [0.1, 0.15) is 0 Å². The Labute approximate surface area is 118 Å². The van der Waals surface area contributed by atoms with E-state index < -0.39 is 0 Å². The number of likely N-dealkylation sites (tertiary alicyclic amines) is 1. The number of unbranched alkanes of at least 4 members (excludes halogenated alkanes) is 3. The monoisotopic (exact) mass is 287 g/mol. The van der Waals surface area contributed by atoms with Gasteiger partial charge in [0, 0.05) is 52.8 Å². The molecule has 0 bridgehead atoms. The molecule has 1 heterocycles. The van der Waals surface area contributed by atoms with E-state index in [2.05, 4.69) is 6.92 Å². The smallest absolute Gasteiger partial charge is 0.225 e. The Morgan fingerprint density at radius 3 is 2.73 bits per heavy atom. The van der Waals surface area contributed by atoms with Crippen LogP contribution in [0.15, 0.2) is 0 Å². The Morgan fingerprint density at radius 1 is 1.47 bits per heavy atom. The zero-order valence-corrected chi connectivity index (χ0v) is 12.4. The fraction of sp³-hybridized carbons (Fsp3) is 0.818. The second-order valence-corrected chi connectivity index (χ2v) is 3.81. The average molecular weight is 287 g/mol. The first-order chi connectivity index (χ1) is 6.79. The first-order valence-corrected chi connectivity index (χ1v) is 5.37. The molecule has 1 atom stereocenters. The summed E-state index contributed by atoms with van der Waals surface area (Å²) in [6, 6.07) is 0.340. The second-order valence-electron chi connectivity index (χ2n) is 3.81. The standard InChI is InChI=1S/C11H20NO2.Y/c1-3-4-5-6-7-12-10(9-14-2)8-11(12)13;/h10H,1,3-9H2,2H3;/q-1;/t10-;/m1./s1. The van der Waals surface area contributed by atoms with E-state index in [1.807, 2.05) is 4.90 Å². The molecule has 0 aromatic carbocycles. The van der Waals surface area contributed by atoms with E-state index in [4.69, 9.17) is 4.74 Å². The molecule has 4 heteroatoms. The van der Waals surface area contributed by atoms with Gasteiger partial charge in [-0.3, -0.25) is 4.79 Å². The summed E-state index contributed by atoms with van der Waals surface area (Å²) in [5, 5.41) is 0. The molecule has 15 heavy (non-hydrogen) atoms. The Balaban J connectivity index is 0.00000196. The zero-order chi connectivity index (χ0) is 10.4. The number of hydrogen-bond acceptors (Lipinski definition) is 2. The molecular formula is C11H20NO2Y-. The Morgan fingerprint density at radius 2 is 2.20 bits per heavy atom. The molecule has 0 aliphatic carbocycles. The van der Waals surface area contributed by atoms with Gasteiger partial charge in [-0.05, 0) is 6.42 Å². The summed E-state index contributed by atoms with van der Waals surface area (Å²) < 4.78 is 5.05. The molecule has 3 nitrogen and oxygen atoms in total. The molecule has 0 aromatic heterocycles. The number of rotatable bonds is 7. The van der Waals surface area contributed by atoms with Crippen molar-refractivity contribution in [3.8, 4) is 0 Å². The first kappa shape index (κ1) is 15.5. The maximum absolute atomic E-state index is 11.2. The van der Waals surface area contributed by atoms with Crippen LogP contribution in [0.3, 0.4) is 0 Å². The number of hydrogen-bond donors (Lipinski definition) is 0. The second kappa shape index (κ2) is 8.66. The molecule has 1 aliphatic heterocycles. The fourth-order valence-electron chi connectivity index (χ4n) is 1.80. The van der Waals surface area contributed by atoms with Gasteiger partial charge in [-0.2, -0.15) is 6.42 Å². The molecule has 1 radical (unpaired) electrons. The summed E-state index contributed by atoms with van der Waals surface area (Å²) in [5.41, 5.74) is 0. The number of methoxy groups -OCH3 is 1. The van der Waals surface area contributed by atoms with Crippen molar-refractivity contribution in [2.24, 2.45) is 0 Å². The molecule has 85 valence electrons. The largest absolute Gasteiger partial charge is 0.383 e. The number of carbonyl (C=O) groups is 1. The van der Waals surface area contributed by atoms with Crippen LogP contribution in [0.2, 0.25) is 0 Å². The number of carbonyl (C=O) groups excluding carboxylic acids is 1. The van der Waals surface area contributed by atoms with E-state index in [-0.39, 0.29) is 38.6 Å². The van der Waals surface area contributed by atoms with E-state index in [1.165, 1.54) is 6.42 Å². The third kappa shape index (κ3) is 4.92. The molecule has 1 aliphatic rings. The van der Waals surface area contributed by atoms with Crippen molar-refractivity contribution in [1.82, 2.24) is 4.90 Å². The molecule has 1 amide bonds. The van der Waals surface area contributed by atoms with E-state index in [0.29, 0.717) is 19.1 Å². The van der Waals surface area contributed by atoms with Crippen molar-refractivity contribution in [2.45, 2.75) is 38.1 Å². The molecular weight excluding hydrogens is 267 g/mol. The van der Waals surface area contributed by atoms with E-state index in [9.17, 15) is 4.79 Å². The minimum absolute atomic E-state index is 0. The van der Waals surface area contributed by atoms with Crippen LogP contribution in [0.25, 0.3) is 0 Å². The SMILES string of the molecule is [CH2-]CCCCCN1C(=O)C[C@@H]1COC.[Y]. The van der Waals surface area contributed by atoms with E-state index in [1.54, 1.807) is 7.11 Å². The number of β-lactam (4-membered cyclic amide) rings is 1. The van der Waals surface area contributed by atoms with Gasteiger partial charge in [-0.1, -0.05) is 12.8 Å². The van der Waals surface area contributed by atoms with Crippen LogP contribution >= 0.6 is 0 Å². The number of ether oxygens (including phenoxy) is 1. The maximum atomic E-state index is 11.2. The van der Waals surface area contributed by atoms with Crippen molar-refractivity contribution >= 4 is 5.91 Å². The van der Waals surface area contributed by atoms with Crippen LogP contribution in [-0.2, 0) is 42.2 Å². The molecule has 0 N–H and O–H groups in total. The van der Waals surface area contributed by atoms with Crippen molar-refractivity contribution in [3.63, 3.8) is 0 Å². The molecule has 0 spiro atoms. The number of amides is 1. The van der Waals surface area contributed by atoms with Gasteiger partial charge >= 0.3 is 0 Å². The van der Waals surface area contributed by atoms with Crippen LogP contribution in [0.1, 0.15) is 32.1 Å². The van der Waals surface area contributed by atoms with Crippen molar-refractivity contribution in [1.29, 1.82) is 0 Å². The molecule has 1 rings (SSSR count). The first-order valence-electron chi connectivity index (χ1n) is 5.37. The van der Waals surface area contributed by atoms with Gasteiger partial charge in [0.15, 0.2) is 0 Å². The van der Waals surface area contributed by atoms with Gasteiger partial charge < -0.3 is 16.6 Å². The van der Waals surface area contributed by atoms with Gasteiger partial charge in [0.2, 0.25) is 5.91 Å². The van der Waals surface area contributed by atoms with E-state index in [0.717, 1.165) is 25.8 Å². The topological polar surface area (TPSA) is 29.5 Å². The average Bonchev–Trinajstić information content (AvgIpc) is 2.17. The molecule has 1 fully saturated rings. The Kier molecular flexibility index (Phi) is 8.97. The normalized spacial score (nSPS) is 19.7. The minimum Gasteiger partial charge on any atom is -0.383 e. The van der Waals surface area contributed by atoms with Crippen LogP contribution in [0.4, 0.5) is 0 Å². The quantitative estimate of drug-likeness (QED) is 0.404. The number of nitrogens with zero attached hydrogens (tertiary/aromatic N) is 1. The van der Waals surface area contributed by atoms with Gasteiger partial charge in [0.25, 0.3) is 0 Å². The predicted molar refractivity (Wildman–Crippen MR) is 55.8 cm³/mol. The van der Waals surface area contributed by atoms with Gasteiger partial charge in [-0.15, -0.1) is 0 Å². The van der Waals surface area contributed by atoms with Crippen molar-refractivity contribution in [3.05, 3.63) is 6.92 Å². The molecule has 1 saturated heterocycles. The molecule has 0 saturated carbocycles. The van der Waals surface area contributed by atoms with Crippen LogP contribution < -0.4 is 0 Å². The Bertz CT molecular complexity index is 187. The van der Waals surface area contributed by atoms with Crippen LogP contribution in [0, 0.1) is 6.92 Å². The third-order valence-electron chi connectivity index (χ3n) is 2.68. The van der Waals surface area contributed by atoms with Crippen LogP contribution in [-0.4, -0.2) is 37.1 Å². The summed E-state index contributed by atoms with van der Waals surface area (Å²) in [6.45, 7) is 5.37. The summed E-state index contributed by atoms with van der Waals surface area (Å²) in [4.78, 5) is 13.2. The Hall–Kier alpha value is 0.534. The predicted octanol–water partition coefficient (Wildman–Crippen LogP) is 1.63. The summed E-state index contributed by atoms with van der Waals surface area (Å²) >= 11 is 0. The molecule has 0 aromatic rings. The molecule has 0 unspecified atom stereocenters. The van der Waals surface area contributed by atoms with Crippen molar-refractivity contribution in [2.75, 3.05) is 20.3 Å². The minimum atomic E-state index is 0. The van der Waals surface area contributed by atoms with Gasteiger partial charge in [0.05, 0.1) is 12.6 Å². The van der Waals surface area contributed by atoms with Crippen molar-refractivity contribution < 1.29 is 42.2 Å². The van der Waals surface area contributed by atoms with E-state index >= 15 is 0 Å². The maximum Gasteiger partial charge on any atom is 0.225 e. The summed E-state index contributed by atoms with van der Waals surface area (Å²) in [7, 11) is 1.68. The van der Waals surface area contributed by atoms with Gasteiger partial charge in [-0.25, -0.2) is 0 Å². The van der Waals surface area contributed by atoms with Crippen LogP contribution in [0.5, 0.6) is 0 Å². The zero-order valence-electron chi connectivity index (χ0n) is 9.58.